The number of carbonyl (C=O) groups excluding carboxylic acids is 7. The number of hydrogen-bond acceptors (Lipinski definition) is 13. The molecule has 0 aromatic carbocycles. The second-order valence-corrected chi connectivity index (χ2v) is 15.8. The smallest absolute Gasteiger partial charge is 0.374 e. The van der Waals surface area contributed by atoms with Crippen molar-refractivity contribution in [2.24, 2.45) is 17.3 Å². The van der Waals surface area contributed by atoms with E-state index < -0.39 is 150 Å². The predicted octanol–water partition coefficient (Wildman–Crippen LogP) is -1.97. The van der Waals surface area contributed by atoms with E-state index in [9.17, 15) is 83.1 Å². The lowest BCUT2D eigenvalue weighted by atomic mass is 9.84. The fourth-order valence-corrected chi connectivity index (χ4v) is 6.52. The molecule has 0 aromatic rings. The monoisotopic (exact) mass is 874 g/mol. The lowest BCUT2D eigenvalue weighted by molar-refractivity contribution is -0.156. The summed E-state index contributed by atoms with van der Waals surface area (Å²) in [7, 11) is 0. The molecular formula is C36H54N6O17S. The molecule has 0 spiro atoms. The zero-order chi connectivity index (χ0) is 46.1. The molecule has 0 unspecified atom stereocenters. The summed E-state index contributed by atoms with van der Waals surface area (Å²) >= 11 is 3.94. The molecule has 0 aliphatic heterocycles. The van der Waals surface area contributed by atoms with Gasteiger partial charge in [0.25, 0.3) is 5.78 Å². The SMILES string of the molecule is CC(=O)N[C@@H](CC(=O)O)C(=O)N[C@H](CC(C(=O)O)C(=O)O)C(=O)N[C@H](C(=O)N[C@@H](CCC(=O)O)C(=O)N[C@@H](CC1CCCCC1)C(=O)N[C@@H](CS)C(=O)C(=O)O)C(C)(C)C. The number of carboxylic acid groups (broad SMARTS) is 5. The Bertz CT molecular complexity index is 1630. The van der Waals surface area contributed by atoms with Crippen molar-refractivity contribution in [3.05, 3.63) is 0 Å². The van der Waals surface area contributed by atoms with Crippen molar-refractivity contribution in [1.29, 1.82) is 0 Å². The van der Waals surface area contributed by atoms with Crippen molar-refractivity contribution in [2.75, 3.05) is 5.75 Å². The van der Waals surface area contributed by atoms with E-state index in [4.69, 9.17) is 0 Å². The van der Waals surface area contributed by atoms with Gasteiger partial charge in [-0.2, -0.15) is 12.6 Å². The van der Waals surface area contributed by atoms with E-state index in [0.717, 1.165) is 26.2 Å². The minimum Gasteiger partial charge on any atom is -0.481 e. The number of carbonyl (C=O) groups is 12. The van der Waals surface area contributed by atoms with Gasteiger partial charge >= 0.3 is 29.8 Å². The average molecular weight is 875 g/mol. The zero-order valence-electron chi connectivity index (χ0n) is 33.5. The van der Waals surface area contributed by atoms with Gasteiger partial charge in [-0.05, 0) is 24.2 Å². The second-order valence-electron chi connectivity index (χ2n) is 15.4. The maximum Gasteiger partial charge on any atom is 0.374 e. The Morgan fingerprint density at radius 3 is 1.55 bits per heavy atom. The molecule has 1 rings (SSSR count). The van der Waals surface area contributed by atoms with E-state index >= 15 is 0 Å². The summed E-state index contributed by atoms with van der Waals surface area (Å²) < 4.78 is 0. The van der Waals surface area contributed by atoms with Crippen LogP contribution in [0, 0.1) is 17.3 Å². The van der Waals surface area contributed by atoms with Gasteiger partial charge in [-0.25, -0.2) is 4.79 Å². The molecule has 1 fully saturated rings. The molecule has 0 saturated heterocycles. The maximum atomic E-state index is 14.0. The Morgan fingerprint density at radius 1 is 0.600 bits per heavy atom. The first kappa shape index (κ1) is 52.2. The number of Topliss-reactive ketones (excluding diaryl/α,β-unsaturated/α-hetero) is 1. The maximum absolute atomic E-state index is 14.0. The van der Waals surface area contributed by atoms with Crippen molar-refractivity contribution in [1.82, 2.24) is 31.9 Å². The van der Waals surface area contributed by atoms with Crippen molar-refractivity contribution in [3.8, 4) is 0 Å². The molecule has 1 saturated carbocycles. The van der Waals surface area contributed by atoms with Gasteiger partial charge in [0.1, 0.15) is 36.3 Å². The van der Waals surface area contributed by atoms with Gasteiger partial charge in [-0.1, -0.05) is 52.9 Å². The Kier molecular flexibility index (Phi) is 21.2. The number of hydrogen-bond donors (Lipinski definition) is 12. The molecule has 0 aromatic heterocycles. The normalized spacial score (nSPS) is 16.0. The van der Waals surface area contributed by atoms with Crippen LogP contribution in [0.2, 0.25) is 0 Å². The van der Waals surface area contributed by atoms with Gasteiger partial charge in [-0.15, -0.1) is 0 Å². The van der Waals surface area contributed by atoms with Crippen LogP contribution in [-0.4, -0.2) is 139 Å². The molecule has 11 N–H and O–H groups in total. The second kappa shape index (κ2) is 24.3. The van der Waals surface area contributed by atoms with Gasteiger partial charge < -0.3 is 57.4 Å². The van der Waals surface area contributed by atoms with Gasteiger partial charge in [0.2, 0.25) is 35.4 Å². The van der Waals surface area contributed by atoms with E-state index in [1.165, 1.54) is 20.8 Å². The zero-order valence-corrected chi connectivity index (χ0v) is 34.4. The highest BCUT2D eigenvalue weighted by atomic mass is 32.1. The third-order valence-corrected chi connectivity index (χ3v) is 9.79. The van der Waals surface area contributed by atoms with E-state index in [-0.39, 0.29) is 12.3 Å². The van der Waals surface area contributed by atoms with Crippen LogP contribution in [0.5, 0.6) is 0 Å². The van der Waals surface area contributed by atoms with Crippen LogP contribution in [0.1, 0.15) is 91.9 Å². The van der Waals surface area contributed by atoms with Crippen LogP contribution in [0.15, 0.2) is 0 Å². The number of aliphatic carboxylic acids is 5. The Labute approximate surface area is 349 Å². The molecular weight excluding hydrogens is 820 g/mol. The number of amides is 6. The minimum absolute atomic E-state index is 0.0223. The van der Waals surface area contributed by atoms with Crippen LogP contribution in [0.3, 0.4) is 0 Å². The van der Waals surface area contributed by atoms with E-state index in [1.807, 2.05) is 10.6 Å². The van der Waals surface area contributed by atoms with Crippen molar-refractivity contribution in [3.63, 3.8) is 0 Å². The molecule has 1 aliphatic rings. The number of ketones is 1. The van der Waals surface area contributed by atoms with Crippen molar-refractivity contribution >= 4 is 83.7 Å². The molecule has 24 heteroatoms. The van der Waals surface area contributed by atoms with E-state index in [2.05, 4.69) is 33.9 Å². The standard InChI is InChI=1S/C36H54N6O17S/c1-16(43)37-22(14-25(46)47)30(51)40-21(13-18(33(54)55)34(56)57)31(52)42-27(36(2,3)4)32(53)38-19(10-11-24(44)45)28(49)39-20(12-17-8-6-5-7-9-17)29(50)41-23(15-60)26(48)35(58)59/h17-23,27,60H,5-15H2,1-4H3,(H,37,43)(H,38,53)(H,39,49)(H,40,51)(H,41,50)(H,42,52)(H,44,45)(H,46,47)(H,54,55)(H,56,57)(H,58,59)/t19-,20-,21+,22-,23-,27+/m0/s1. The first-order valence-corrected chi connectivity index (χ1v) is 19.5. The van der Waals surface area contributed by atoms with Crippen LogP contribution < -0.4 is 31.9 Å². The topological polar surface area (TPSA) is 378 Å². The van der Waals surface area contributed by atoms with Crippen LogP contribution >= 0.6 is 12.6 Å². The lowest BCUT2D eigenvalue weighted by Gasteiger charge is -2.34. The first-order chi connectivity index (χ1) is 27.8. The van der Waals surface area contributed by atoms with E-state index in [0.29, 0.717) is 12.8 Å². The largest absolute Gasteiger partial charge is 0.481 e. The number of carboxylic acids is 5. The molecule has 6 amide bonds. The molecule has 23 nitrogen and oxygen atoms in total. The van der Waals surface area contributed by atoms with E-state index in [1.54, 1.807) is 0 Å². The summed E-state index contributed by atoms with van der Waals surface area (Å²) in [6, 6.07) is -10.3. The quantitative estimate of drug-likeness (QED) is 0.0269. The lowest BCUT2D eigenvalue weighted by Crippen LogP contribution is -2.62. The third-order valence-electron chi connectivity index (χ3n) is 9.42. The highest BCUT2D eigenvalue weighted by molar-refractivity contribution is 7.80. The van der Waals surface area contributed by atoms with Gasteiger partial charge in [0, 0.05) is 25.5 Å². The number of nitrogens with one attached hydrogen (secondary N) is 6. The molecule has 6 atom stereocenters. The highest BCUT2D eigenvalue weighted by Crippen LogP contribution is 2.28. The van der Waals surface area contributed by atoms with Crippen molar-refractivity contribution in [2.45, 2.75) is 128 Å². The summed E-state index contributed by atoms with van der Waals surface area (Å²) in [6.07, 6.45) is 0.507. The Morgan fingerprint density at radius 2 is 1.08 bits per heavy atom. The molecule has 336 valence electrons. The number of thiol groups is 1. The Hall–Kier alpha value is -5.81. The summed E-state index contributed by atoms with van der Waals surface area (Å²) in [4.78, 5) is 150. The highest BCUT2D eigenvalue weighted by Gasteiger charge is 2.41. The summed E-state index contributed by atoms with van der Waals surface area (Å²) in [5.74, 6) is -19.6. The summed E-state index contributed by atoms with van der Waals surface area (Å²) in [5, 5.41) is 60.3. The minimum atomic E-state index is -2.32. The third kappa shape index (κ3) is 18.0. The fourth-order valence-electron chi connectivity index (χ4n) is 6.26. The molecule has 60 heavy (non-hydrogen) atoms. The summed E-state index contributed by atoms with van der Waals surface area (Å²) in [6.45, 7) is 5.22. The molecule has 0 radical (unpaired) electrons. The van der Waals surface area contributed by atoms with Gasteiger partial charge in [-0.3, -0.25) is 52.7 Å². The van der Waals surface area contributed by atoms with Crippen molar-refractivity contribution < 1.29 is 83.1 Å². The first-order valence-electron chi connectivity index (χ1n) is 18.8. The Balaban J connectivity index is 3.56. The predicted molar refractivity (Wildman–Crippen MR) is 207 cm³/mol. The summed E-state index contributed by atoms with van der Waals surface area (Å²) in [5.41, 5.74) is -1.30. The average Bonchev–Trinajstić information content (AvgIpc) is 3.13. The van der Waals surface area contributed by atoms with Crippen LogP contribution in [0.4, 0.5) is 0 Å². The fraction of sp³-hybridized carbons (Fsp3) is 0.667. The van der Waals surface area contributed by atoms with Gasteiger partial charge in [0.15, 0.2) is 5.92 Å². The number of rotatable bonds is 25. The van der Waals surface area contributed by atoms with Crippen LogP contribution in [0.25, 0.3) is 0 Å². The van der Waals surface area contributed by atoms with Gasteiger partial charge in [0.05, 0.1) is 6.42 Å². The van der Waals surface area contributed by atoms with Crippen LogP contribution in [-0.2, 0) is 57.5 Å². The molecule has 1 aliphatic carbocycles. The molecule has 0 heterocycles. The molecule has 0 bridgehead atoms.